The van der Waals surface area contributed by atoms with E-state index in [0.29, 0.717) is 12.6 Å². The maximum absolute atomic E-state index is 6.14. The monoisotopic (exact) mass is 311 g/mol. The van der Waals surface area contributed by atoms with Crippen LogP contribution in [0.25, 0.3) is 0 Å². The summed E-state index contributed by atoms with van der Waals surface area (Å²) in [7, 11) is 3.94. The first kappa shape index (κ1) is 17.1. The Hall–Kier alpha value is -1.31. The molecule has 2 aliphatic rings. The maximum Gasteiger partial charge on any atom is 0.295 e. The second-order valence-electron chi connectivity index (χ2n) is 5.74. The smallest absolute Gasteiger partial charge is 0.295 e. The van der Waals surface area contributed by atoms with Gasteiger partial charge in [-0.2, -0.15) is 4.99 Å². The van der Waals surface area contributed by atoms with Crippen molar-refractivity contribution in [2.75, 3.05) is 60.1 Å². The zero-order chi connectivity index (χ0) is 15.9. The number of nitrogens with zero attached hydrogens (tertiary/aromatic N) is 4. The van der Waals surface area contributed by atoms with Gasteiger partial charge >= 0.3 is 0 Å². The molecular formula is C15H29N5O2. The van der Waals surface area contributed by atoms with Crippen molar-refractivity contribution in [1.29, 1.82) is 0 Å². The van der Waals surface area contributed by atoms with Crippen LogP contribution in [0.1, 0.15) is 13.3 Å². The molecule has 0 aliphatic carbocycles. The second-order valence-corrected chi connectivity index (χ2v) is 5.74. The van der Waals surface area contributed by atoms with Gasteiger partial charge in [-0.3, -0.25) is 4.90 Å². The van der Waals surface area contributed by atoms with Gasteiger partial charge in [0.15, 0.2) is 0 Å². The van der Waals surface area contributed by atoms with E-state index in [1.165, 1.54) is 0 Å². The van der Waals surface area contributed by atoms with Crippen molar-refractivity contribution in [2.24, 2.45) is 10.7 Å². The summed E-state index contributed by atoms with van der Waals surface area (Å²) in [5.41, 5.74) is 6.14. The molecular weight excluding hydrogens is 282 g/mol. The highest BCUT2D eigenvalue weighted by molar-refractivity contribution is 5.76. The molecule has 7 nitrogen and oxygen atoms in total. The van der Waals surface area contributed by atoms with E-state index in [0.717, 1.165) is 51.6 Å². The summed E-state index contributed by atoms with van der Waals surface area (Å²) in [6.45, 7) is 8.14. The SMILES string of the molecule is CCCN(C)C1=CC(N)N(C)C(OCCN2CCOCC2)=N1. The Bertz CT molecular complexity index is 407. The van der Waals surface area contributed by atoms with Crippen molar-refractivity contribution in [1.82, 2.24) is 14.7 Å². The van der Waals surface area contributed by atoms with Crippen LogP contribution in [-0.4, -0.2) is 87.0 Å². The first-order chi connectivity index (χ1) is 10.6. The van der Waals surface area contributed by atoms with Crippen molar-refractivity contribution in [3.8, 4) is 0 Å². The van der Waals surface area contributed by atoms with E-state index in [1.807, 2.05) is 25.1 Å². The van der Waals surface area contributed by atoms with E-state index in [-0.39, 0.29) is 6.17 Å². The number of morpholine rings is 1. The Morgan fingerprint density at radius 2 is 2.18 bits per heavy atom. The van der Waals surface area contributed by atoms with E-state index >= 15 is 0 Å². The summed E-state index contributed by atoms with van der Waals surface area (Å²) in [5.74, 6) is 0.883. The summed E-state index contributed by atoms with van der Waals surface area (Å²) in [6, 6.07) is 0.598. The highest BCUT2D eigenvalue weighted by Gasteiger charge is 2.22. The normalized spacial score (nSPS) is 23.1. The van der Waals surface area contributed by atoms with Crippen LogP contribution in [0, 0.1) is 0 Å². The van der Waals surface area contributed by atoms with E-state index in [9.17, 15) is 0 Å². The molecule has 0 radical (unpaired) electrons. The summed E-state index contributed by atoms with van der Waals surface area (Å²) in [4.78, 5) is 10.9. The molecule has 2 rings (SSSR count). The summed E-state index contributed by atoms with van der Waals surface area (Å²) < 4.78 is 11.2. The fourth-order valence-corrected chi connectivity index (χ4v) is 2.49. The van der Waals surface area contributed by atoms with E-state index < -0.39 is 0 Å². The lowest BCUT2D eigenvalue weighted by Gasteiger charge is -2.32. The lowest BCUT2D eigenvalue weighted by Crippen LogP contribution is -2.47. The van der Waals surface area contributed by atoms with Crippen molar-refractivity contribution < 1.29 is 9.47 Å². The largest absolute Gasteiger partial charge is 0.463 e. The molecule has 1 atom stereocenters. The van der Waals surface area contributed by atoms with Crippen LogP contribution in [0.3, 0.4) is 0 Å². The Morgan fingerprint density at radius 1 is 1.45 bits per heavy atom. The fourth-order valence-electron chi connectivity index (χ4n) is 2.49. The van der Waals surface area contributed by atoms with Crippen LogP contribution in [0.5, 0.6) is 0 Å². The molecule has 0 spiro atoms. The number of rotatable bonds is 6. The third-order valence-electron chi connectivity index (χ3n) is 3.97. The van der Waals surface area contributed by atoms with Gasteiger partial charge in [0.25, 0.3) is 6.02 Å². The van der Waals surface area contributed by atoms with Crippen LogP contribution in [0.2, 0.25) is 0 Å². The molecule has 2 aliphatic heterocycles. The number of hydrogen-bond acceptors (Lipinski definition) is 7. The van der Waals surface area contributed by atoms with Gasteiger partial charge in [0.2, 0.25) is 0 Å². The Labute approximate surface area is 133 Å². The molecule has 0 saturated carbocycles. The van der Waals surface area contributed by atoms with Gasteiger partial charge in [0, 0.05) is 40.3 Å². The predicted molar refractivity (Wildman–Crippen MR) is 87.4 cm³/mol. The van der Waals surface area contributed by atoms with Crippen LogP contribution < -0.4 is 5.73 Å². The third kappa shape index (κ3) is 4.59. The lowest BCUT2D eigenvalue weighted by atomic mass is 10.3. The van der Waals surface area contributed by atoms with Crippen molar-refractivity contribution in [2.45, 2.75) is 19.5 Å². The molecule has 126 valence electrons. The first-order valence-corrected chi connectivity index (χ1v) is 8.04. The van der Waals surface area contributed by atoms with Gasteiger partial charge in [0.05, 0.1) is 13.2 Å². The predicted octanol–water partition coefficient (Wildman–Crippen LogP) is 0.105. The first-order valence-electron chi connectivity index (χ1n) is 8.04. The Kier molecular flexibility index (Phi) is 6.48. The van der Waals surface area contributed by atoms with E-state index in [2.05, 4.69) is 21.7 Å². The van der Waals surface area contributed by atoms with Gasteiger partial charge in [-0.25, -0.2) is 0 Å². The van der Waals surface area contributed by atoms with Gasteiger partial charge in [-0.05, 0) is 12.5 Å². The molecule has 0 aromatic carbocycles. The quantitative estimate of drug-likeness (QED) is 0.751. The molecule has 0 aromatic rings. The van der Waals surface area contributed by atoms with Crippen molar-refractivity contribution >= 4 is 6.02 Å². The minimum Gasteiger partial charge on any atom is -0.463 e. The molecule has 0 amide bonds. The highest BCUT2D eigenvalue weighted by atomic mass is 16.5. The second kappa shape index (κ2) is 8.36. The van der Waals surface area contributed by atoms with Crippen LogP contribution in [-0.2, 0) is 9.47 Å². The van der Waals surface area contributed by atoms with Crippen LogP contribution >= 0.6 is 0 Å². The minimum atomic E-state index is -0.204. The topological polar surface area (TPSA) is 66.6 Å². The maximum atomic E-state index is 6.14. The number of hydrogen-bond donors (Lipinski definition) is 1. The van der Waals surface area contributed by atoms with E-state index in [1.54, 1.807) is 0 Å². The molecule has 2 heterocycles. The lowest BCUT2D eigenvalue weighted by molar-refractivity contribution is 0.0302. The minimum absolute atomic E-state index is 0.204. The number of aliphatic imine (C=N–C) groups is 1. The van der Waals surface area contributed by atoms with Crippen LogP contribution in [0.4, 0.5) is 0 Å². The third-order valence-corrected chi connectivity index (χ3v) is 3.97. The highest BCUT2D eigenvalue weighted by Crippen LogP contribution is 2.14. The van der Waals surface area contributed by atoms with E-state index in [4.69, 9.17) is 15.2 Å². The van der Waals surface area contributed by atoms with Crippen LogP contribution in [0.15, 0.2) is 16.9 Å². The molecule has 0 bridgehead atoms. The zero-order valence-corrected chi connectivity index (χ0v) is 14.0. The molecule has 1 unspecified atom stereocenters. The number of amidine groups is 1. The zero-order valence-electron chi connectivity index (χ0n) is 14.0. The summed E-state index contributed by atoms with van der Waals surface area (Å²) in [6.07, 6.45) is 2.83. The van der Waals surface area contributed by atoms with Gasteiger partial charge in [-0.1, -0.05) is 6.92 Å². The fraction of sp³-hybridized carbons (Fsp3) is 0.800. The summed E-state index contributed by atoms with van der Waals surface area (Å²) >= 11 is 0. The number of nitrogens with two attached hydrogens (primary N) is 1. The molecule has 1 saturated heterocycles. The molecule has 2 N–H and O–H groups in total. The van der Waals surface area contributed by atoms with Gasteiger partial charge < -0.3 is 25.0 Å². The number of likely N-dealkylation sites (N-methyl/N-ethyl adjacent to an activating group) is 1. The molecule has 22 heavy (non-hydrogen) atoms. The Balaban J connectivity index is 1.88. The summed E-state index contributed by atoms with van der Waals surface area (Å²) in [5, 5.41) is 0. The average Bonchev–Trinajstić information content (AvgIpc) is 2.52. The number of ether oxygens (including phenoxy) is 2. The molecule has 7 heteroatoms. The van der Waals surface area contributed by atoms with Crippen molar-refractivity contribution in [3.05, 3.63) is 11.9 Å². The van der Waals surface area contributed by atoms with Gasteiger partial charge in [0.1, 0.15) is 18.6 Å². The standard InChI is InChI=1S/C15H29N5O2/c1-4-5-18(2)14-12-13(16)19(3)15(17-14)22-11-8-20-6-9-21-10-7-20/h12-13H,4-11,16H2,1-3H3. The Morgan fingerprint density at radius 3 is 2.86 bits per heavy atom. The molecule has 1 fully saturated rings. The van der Waals surface area contributed by atoms with Crippen molar-refractivity contribution in [3.63, 3.8) is 0 Å². The average molecular weight is 311 g/mol. The molecule has 0 aromatic heterocycles. The van der Waals surface area contributed by atoms with Gasteiger partial charge in [-0.15, -0.1) is 0 Å².